The molecule has 1 saturated heterocycles. The van der Waals surface area contributed by atoms with Gasteiger partial charge in [0.1, 0.15) is 5.92 Å². The van der Waals surface area contributed by atoms with E-state index in [0.717, 1.165) is 10.7 Å². The van der Waals surface area contributed by atoms with Crippen molar-refractivity contribution in [3.63, 3.8) is 0 Å². The van der Waals surface area contributed by atoms with Gasteiger partial charge in [-0.3, -0.25) is 4.79 Å². The highest BCUT2D eigenvalue weighted by atomic mass is 32.1. The molecule has 2 heterocycles. The van der Waals surface area contributed by atoms with E-state index < -0.39 is 17.9 Å². The second-order valence-electron chi connectivity index (χ2n) is 4.85. The van der Waals surface area contributed by atoms with Gasteiger partial charge >= 0.3 is 12.0 Å². The summed E-state index contributed by atoms with van der Waals surface area (Å²) in [7, 11) is 0. The first-order chi connectivity index (χ1) is 10.0. The van der Waals surface area contributed by atoms with Crippen LogP contribution in [0, 0.1) is 12.8 Å². The van der Waals surface area contributed by atoms with Gasteiger partial charge in [-0.2, -0.15) is 0 Å². The van der Waals surface area contributed by atoms with Crippen LogP contribution in [0.5, 0.6) is 0 Å². The van der Waals surface area contributed by atoms with E-state index >= 15 is 0 Å². The molecule has 0 aliphatic carbocycles. The van der Waals surface area contributed by atoms with E-state index in [1.165, 1.54) is 16.2 Å². The number of carboxylic acid groups (broad SMARTS) is 1. The van der Waals surface area contributed by atoms with Crippen LogP contribution < -0.4 is 5.32 Å². The molecule has 1 aliphatic rings. The van der Waals surface area contributed by atoms with Gasteiger partial charge in [0.2, 0.25) is 0 Å². The fraction of sp³-hybridized carbons (Fsp3) is 0.615. The number of carbonyl (C=O) groups excluding carboxylic acids is 1. The standard InChI is InChI=1S/C13H19N3O4S/c1-3-16(11-6-20-5-10(11)12(17)18)13(19)14-4-9-7-21-8(2)15-9/h7,10-11H,3-6H2,1-2H3,(H,14,19)(H,17,18). The Morgan fingerprint density at radius 3 is 2.90 bits per heavy atom. The third kappa shape index (κ3) is 3.70. The summed E-state index contributed by atoms with van der Waals surface area (Å²) in [4.78, 5) is 29.2. The van der Waals surface area contributed by atoms with Crippen molar-refractivity contribution >= 4 is 23.3 Å². The number of amides is 2. The molecule has 8 heteroatoms. The SMILES string of the molecule is CCN(C(=O)NCc1csc(C)n1)C1COCC1C(=O)O. The summed E-state index contributed by atoms with van der Waals surface area (Å²) in [5.74, 6) is -1.60. The highest BCUT2D eigenvalue weighted by Gasteiger charge is 2.39. The highest BCUT2D eigenvalue weighted by Crippen LogP contribution is 2.20. The Hall–Kier alpha value is -1.67. The van der Waals surface area contributed by atoms with Crippen molar-refractivity contribution in [1.29, 1.82) is 0 Å². The fourth-order valence-corrected chi connectivity index (χ4v) is 2.98. The monoisotopic (exact) mass is 313 g/mol. The number of aromatic nitrogens is 1. The van der Waals surface area contributed by atoms with E-state index in [0.29, 0.717) is 13.1 Å². The first-order valence-corrected chi connectivity index (χ1v) is 7.67. The van der Waals surface area contributed by atoms with Crippen molar-refractivity contribution in [3.8, 4) is 0 Å². The Morgan fingerprint density at radius 1 is 1.57 bits per heavy atom. The third-order valence-electron chi connectivity index (χ3n) is 3.46. The fourth-order valence-electron chi connectivity index (χ4n) is 2.37. The third-order valence-corrected chi connectivity index (χ3v) is 4.28. The number of nitrogens with zero attached hydrogens (tertiary/aromatic N) is 2. The maximum Gasteiger partial charge on any atom is 0.318 e. The number of likely N-dealkylation sites (N-methyl/N-ethyl adjacent to an activating group) is 1. The zero-order valence-corrected chi connectivity index (χ0v) is 12.9. The number of urea groups is 1. The molecule has 1 fully saturated rings. The summed E-state index contributed by atoms with van der Waals surface area (Å²) in [6.45, 7) is 4.90. The number of aryl methyl sites for hydroxylation is 1. The normalized spacial score (nSPS) is 21.2. The maximum atomic E-state index is 12.3. The summed E-state index contributed by atoms with van der Waals surface area (Å²) >= 11 is 1.53. The first-order valence-electron chi connectivity index (χ1n) is 6.79. The minimum atomic E-state index is -0.932. The number of hydrogen-bond acceptors (Lipinski definition) is 5. The summed E-state index contributed by atoms with van der Waals surface area (Å²) < 4.78 is 5.22. The van der Waals surface area contributed by atoms with E-state index in [4.69, 9.17) is 4.74 Å². The van der Waals surface area contributed by atoms with Crippen molar-refractivity contribution in [2.45, 2.75) is 26.4 Å². The topological polar surface area (TPSA) is 91.8 Å². The van der Waals surface area contributed by atoms with Crippen LogP contribution in [-0.2, 0) is 16.1 Å². The Bertz CT molecular complexity index is 519. The number of hydrogen-bond donors (Lipinski definition) is 2. The van der Waals surface area contributed by atoms with Gasteiger partial charge in [-0.25, -0.2) is 9.78 Å². The van der Waals surface area contributed by atoms with E-state index in [1.54, 1.807) is 0 Å². The van der Waals surface area contributed by atoms with Crippen LogP contribution in [0.2, 0.25) is 0 Å². The number of thiazole rings is 1. The second-order valence-corrected chi connectivity index (χ2v) is 5.91. The number of nitrogens with one attached hydrogen (secondary N) is 1. The Morgan fingerprint density at radius 2 is 2.33 bits per heavy atom. The summed E-state index contributed by atoms with van der Waals surface area (Å²) in [5.41, 5.74) is 0.805. The number of rotatable bonds is 5. The molecule has 7 nitrogen and oxygen atoms in total. The van der Waals surface area contributed by atoms with Crippen LogP contribution >= 0.6 is 11.3 Å². The van der Waals surface area contributed by atoms with Crippen LogP contribution in [0.3, 0.4) is 0 Å². The molecule has 21 heavy (non-hydrogen) atoms. The van der Waals surface area contributed by atoms with Gasteiger partial charge in [0.15, 0.2) is 0 Å². The Kier molecular flexibility index (Phi) is 5.13. The van der Waals surface area contributed by atoms with Crippen molar-refractivity contribution in [1.82, 2.24) is 15.2 Å². The molecule has 0 bridgehead atoms. The number of ether oxygens (including phenoxy) is 1. The molecule has 2 unspecified atom stereocenters. The predicted molar refractivity (Wildman–Crippen MR) is 77.2 cm³/mol. The van der Waals surface area contributed by atoms with E-state index in [2.05, 4.69) is 10.3 Å². The Balaban J connectivity index is 1.96. The molecule has 1 aromatic rings. The molecule has 0 aromatic carbocycles. The molecule has 2 atom stereocenters. The smallest absolute Gasteiger partial charge is 0.318 e. The van der Waals surface area contributed by atoms with Gasteiger partial charge in [0.25, 0.3) is 0 Å². The van der Waals surface area contributed by atoms with Crippen LogP contribution in [-0.4, -0.2) is 52.8 Å². The van der Waals surface area contributed by atoms with Crippen molar-refractivity contribution in [3.05, 3.63) is 16.1 Å². The lowest BCUT2D eigenvalue weighted by Gasteiger charge is -2.29. The van der Waals surface area contributed by atoms with E-state index in [1.807, 2.05) is 19.2 Å². The minimum absolute atomic E-state index is 0.148. The maximum absolute atomic E-state index is 12.3. The van der Waals surface area contributed by atoms with Crippen molar-refractivity contribution < 1.29 is 19.4 Å². The minimum Gasteiger partial charge on any atom is -0.481 e. The average molecular weight is 313 g/mol. The van der Waals surface area contributed by atoms with Gasteiger partial charge in [0.05, 0.1) is 36.5 Å². The predicted octanol–water partition coefficient (Wildman–Crippen LogP) is 1.08. The zero-order valence-electron chi connectivity index (χ0n) is 12.0. The van der Waals surface area contributed by atoms with Crippen LogP contribution in [0.4, 0.5) is 4.79 Å². The summed E-state index contributed by atoms with van der Waals surface area (Å²) in [5, 5.41) is 14.8. The molecule has 0 saturated carbocycles. The summed E-state index contributed by atoms with van der Waals surface area (Å²) in [6, 6.07) is -0.713. The number of carbonyl (C=O) groups is 2. The van der Waals surface area contributed by atoms with Gasteiger partial charge < -0.3 is 20.1 Å². The lowest BCUT2D eigenvalue weighted by molar-refractivity contribution is -0.142. The van der Waals surface area contributed by atoms with Crippen molar-refractivity contribution in [2.75, 3.05) is 19.8 Å². The molecule has 2 amide bonds. The second kappa shape index (κ2) is 6.86. The van der Waals surface area contributed by atoms with Crippen LogP contribution in [0.15, 0.2) is 5.38 Å². The van der Waals surface area contributed by atoms with Crippen molar-refractivity contribution in [2.24, 2.45) is 5.92 Å². The quantitative estimate of drug-likeness (QED) is 0.849. The molecule has 1 aromatic heterocycles. The number of aliphatic carboxylic acids is 1. The van der Waals surface area contributed by atoms with Gasteiger partial charge in [-0.1, -0.05) is 0 Å². The number of carboxylic acids is 1. The Labute approximate surface area is 126 Å². The molecule has 116 valence electrons. The lowest BCUT2D eigenvalue weighted by atomic mass is 10.0. The van der Waals surface area contributed by atoms with Gasteiger partial charge in [-0.15, -0.1) is 11.3 Å². The first kappa shape index (κ1) is 15.7. The summed E-state index contributed by atoms with van der Waals surface area (Å²) in [6.07, 6.45) is 0. The molecule has 2 N–H and O–H groups in total. The average Bonchev–Trinajstić information content (AvgIpc) is 3.06. The van der Waals surface area contributed by atoms with Gasteiger partial charge in [0, 0.05) is 11.9 Å². The molecule has 0 radical (unpaired) electrons. The highest BCUT2D eigenvalue weighted by molar-refractivity contribution is 7.09. The van der Waals surface area contributed by atoms with E-state index in [-0.39, 0.29) is 19.2 Å². The van der Waals surface area contributed by atoms with Crippen LogP contribution in [0.1, 0.15) is 17.6 Å². The molecular weight excluding hydrogens is 294 g/mol. The van der Waals surface area contributed by atoms with Gasteiger partial charge in [-0.05, 0) is 13.8 Å². The largest absolute Gasteiger partial charge is 0.481 e. The van der Waals surface area contributed by atoms with E-state index in [9.17, 15) is 14.7 Å². The molecule has 1 aliphatic heterocycles. The molecule has 2 rings (SSSR count). The molecule has 0 spiro atoms. The molecular formula is C13H19N3O4S. The lowest BCUT2D eigenvalue weighted by Crippen LogP contribution is -2.50. The zero-order chi connectivity index (χ0) is 15.4. The van der Waals surface area contributed by atoms with Crippen LogP contribution in [0.25, 0.3) is 0 Å².